The largest absolute Gasteiger partial charge is 0.385 e. The minimum absolute atomic E-state index is 0.314. The molecule has 19 heavy (non-hydrogen) atoms. The molecular formula is C15H13BrClFO. The van der Waals surface area contributed by atoms with E-state index in [9.17, 15) is 9.50 Å². The van der Waals surface area contributed by atoms with Gasteiger partial charge in [0.1, 0.15) is 5.82 Å². The van der Waals surface area contributed by atoms with Gasteiger partial charge in [-0.3, -0.25) is 0 Å². The van der Waals surface area contributed by atoms with Crippen molar-refractivity contribution in [3.63, 3.8) is 0 Å². The van der Waals surface area contributed by atoms with Crippen LogP contribution in [0.25, 0.3) is 0 Å². The zero-order valence-electron chi connectivity index (χ0n) is 10.3. The summed E-state index contributed by atoms with van der Waals surface area (Å²) in [6.45, 7) is 1.72. The van der Waals surface area contributed by atoms with Gasteiger partial charge in [0.25, 0.3) is 0 Å². The van der Waals surface area contributed by atoms with Gasteiger partial charge in [-0.2, -0.15) is 0 Å². The molecule has 0 amide bonds. The van der Waals surface area contributed by atoms with Gasteiger partial charge in [-0.05, 0) is 58.2 Å². The predicted octanol–water partition coefficient (Wildman–Crippen LogP) is 4.69. The van der Waals surface area contributed by atoms with Crippen molar-refractivity contribution in [2.75, 3.05) is 0 Å². The van der Waals surface area contributed by atoms with Crippen molar-refractivity contribution in [1.29, 1.82) is 0 Å². The van der Waals surface area contributed by atoms with Gasteiger partial charge < -0.3 is 5.11 Å². The van der Waals surface area contributed by atoms with Crippen LogP contribution in [0.4, 0.5) is 4.39 Å². The summed E-state index contributed by atoms with van der Waals surface area (Å²) >= 11 is 9.08. The van der Waals surface area contributed by atoms with E-state index in [-0.39, 0.29) is 5.82 Å². The monoisotopic (exact) mass is 342 g/mol. The van der Waals surface area contributed by atoms with E-state index >= 15 is 0 Å². The van der Waals surface area contributed by atoms with Gasteiger partial charge >= 0.3 is 0 Å². The lowest BCUT2D eigenvalue weighted by Gasteiger charge is -2.24. The molecule has 0 heterocycles. The first-order chi connectivity index (χ1) is 8.88. The molecule has 0 spiro atoms. The summed E-state index contributed by atoms with van der Waals surface area (Å²) in [6, 6.07) is 11.8. The minimum Gasteiger partial charge on any atom is -0.385 e. The molecule has 0 saturated carbocycles. The smallest absolute Gasteiger partial charge is 0.137 e. The first-order valence-electron chi connectivity index (χ1n) is 5.81. The molecule has 0 bridgehead atoms. The summed E-state index contributed by atoms with van der Waals surface area (Å²) in [4.78, 5) is 0. The van der Waals surface area contributed by atoms with Gasteiger partial charge in [0.15, 0.2) is 0 Å². The lowest BCUT2D eigenvalue weighted by molar-refractivity contribution is 0.0576. The molecule has 1 N–H and O–H groups in total. The van der Waals surface area contributed by atoms with Gasteiger partial charge in [-0.25, -0.2) is 4.39 Å². The number of halogens is 3. The molecule has 1 atom stereocenters. The molecule has 0 aliphatic heterocycles. The Balaban J connectivity index is 2.27. The Bertz CT molecular complexity index is 598. The van der Waals surface area contributed by atoms with Crippen LogP contribution >= 0.6 is 27.5 Å². The zero-order chi connectivity index (χ0) is 14.0. The molecule has 1 nitrogen and oxygen atoms in total. The number of aliphatic hydroxyl groups is 1. The van der Waals surface area contributed by atoms with E-state index in [0.29, 0.717) is 15.9 Å². The lowest BCUT2D eigenvalue weighted by Crippen LogP contribution is -2.24. The highest BCUT2D eigenvalue weighted by molar-refractivity contribution is 9.10. The van der Waals surface area contributed by atoms with E-state index < -0.39 is 5.60 Å². The summed E-state index contributed by atoms with van der Waals surface area (Å²) in [7, 11) is 0. The van der Waals surface area contributed by atoms with E-state index in [2.05, 4.69) is 15.9 Å². The van der Waals surface area contributed by atoms with E-state index in [1.165, 1.54) is 6.07 Å². The highest BCUT2D eigenvalue weighted by Crippen LogP contribution is 2.28. The van der Waals surface area contributed by atoms with Crippen LogP contribution in [0.15, 0.2) is 46.9 Å². The van der Waals surface area contributed by atoms with Crippen molar-refractivity contribution in [2.24, 2.45) is 0 Å². The van der Waals surface area contributed by atoms with Crippen molar-refractivity contribution in [3.05, 3.63) is 68.9 Å². The molecule has 0 radical (unpaired) electrons. The number of benzene rings is 2. The van der Waals surface area contributed by atoms with Gasteiger partial charge in [0, 0.05) is 11.4 Å². The van der Waals surface area contributed by atoms with Gasteiger partial charge in [-0.1, -0.05) is 29.8 Å². The summed E-state index contributed by atoms with van der Waals surface area (Å²) in [6.07, 6.45) is 0.381. The average Bonchev–Trinajstić information content (AvgIpc) is 2.33. The molecule has 1 unspecified atom stereocenters. The van der Waals surface area contributed by atoms with E-state index in [1.807, 2.05) is 6.07 Å². The fourth-order valence-electron chi connectivity index (χ4n) is 1.97. The van der Waals surface area contributed by atoms with E-state index in [1.54, 1.807) is 37.3 Å². The number of hydrogen-bond donors (Lipinski definition) is 1. The molecule has 2 rings (SSSR count). The first kappa shape index (κ1) is 14.5. The van der Waals surface area contributed by atoms with Crippen molar-refractivity contribution in [2.45, 2.75) is 18.9 Å². The minimum atomic E-state index is -1.05. The molecule has 2 aromatic carbocycles. The van der Waals surface area contributed by atoms with Crippen LogP contribution in [0.1, 0.15) is 18.1 Å². The SMILES string of the molecule is CC(O)(Cc1ccc(F)c(Br)c1)c1cccc(Cl)c1. The second kappa shape index (κ2) is 5.61. The maximum atomic E-state index is 13.2. The molecule has 0 aromatic heterocycles. The van der Waals surface area contributed by atoms with Crippen LogP contribution in [0, 0.1) is 5.82 Å². The molecule has 0 aliphatic rings. The van der Waals surface area contributed by atoms with Crippen LogP contribution in [-0.4, -0.2) is 5.11 Å². The molecule has 100 valence electrons. The Morgan fingerprint density at radius 2 is 2.00 bits per heavy atom. The van der Waals surface area contributed by atoms with Crippen LogP contribution in [0.5, 0.6) is 0 Å². The summed E-state index contributed by atoms with van der Waals surface area (Å²) in [5, 5.41) is 11.1. The molecule has 4 heteroatoms. The van der Waals surface area contributed by atoms with Crippen LogP contribution < -0.4 is 0 Å². The quantitative estimate of drug-likeness (QED) is 0.857. The van der Waals surface area contributed by atoms with Gasteiger partial charge in [-0.15, -0.1) is 0 Å². The Hall–Kier alpha value is -0.900. The maximum Gasteiger partial charge on any atom is 0.137 e. The average molecular weight is 344 g/mol. The highest BCUT2D eigenvalue weighted by atomic mass is 79.9. The molecule has 0 fully saturated rings. The third-order valence-corrected chi connectivity index (χ3v) is 3.82. The zero-order valence-corrected chi connectivity index (χ0v) is 12.7. The molecular weight excluding hydrogens is 331 g/mol. The Kier molecular flexibility index (Phi) is 4.29. The van der Waals surface area contributed by atoms with Crippen molar-refractivity contribution < 1.29 is 9.50 Å². The summed E-state index contributed by atoms with van der Waals surface area (Å²) in [5.41, 5.74) is 0.529. The second-order valence-electron chi connectivity index (χ2n) is 4.71. The maximum absolute atomic E-state index is 13.2. The fourth-order valence-corrected chi connectivity index (χ4v) is 2.59. The standard InChI is InChI=1S/C15H13BrClFO/c1-15(19,11-3-2-4-12(17)8-11)9-10-5-6-14(18)13(16)7-10/h2-8,19H,9H2,1H3. The van der Waals surface area contributed by atoms with E-state index in [4.69, 9.17) is 11.6 Å². The van der Waals surface area contributed by atoms with Crippen LogP contribution in [0.2, 0.25) is 5.02 Å². The third kappa shape index (κ3) is 3.56. The highest BCUT2D eigenvalue weighted by Gasteiger charge is 2.24. The molecule has 0 aliphatic carbocycles. The van der Waals surface area contributed by atoms with Crippen LogP contribution in [0.3, 0.4) is 0 Å². The lowest BCUT2D eigenvalue weighted by atomic mass is 9.89. The predicted molar refractivity (Wildman–Crippen MR) is 78.8 cm³/mol. The Morgan fingerprint density at radius 1 is 1.26 bits per heavy atom. The fraction of sp³-hybridized carbons (Fsp3) is 0.200. The van der Waals surface area contributed by atoms with Crippen LogP contribution in [-0.2, 0) is 12.0 Å². The normalized spacial score (nSPS) is 14.2. The van der Waals surface area contributed by atoms with Crippen molar-refractivity contribution in [1.82, 2.24) is 0 Å². The Morgan fingerprint density at radius 3 is 2.63 bits per heavy atom. The number of rotatable bonds is 3. The molecule has 0 saturated heterocycles. The topological polar surface area (TPSA) is 20.2 Å². The summed E-state index contributed by atoms with van der Waals surface area (Å²) < 4.78 is 13.6. The van der Waals surface area contributed by atoms with Gasteiger partial charge in [0.2, 0.25) is 0 Å². The first-order valence-corrected chi connectivity index (χ1v) is 6.98. The Labute approximate surface area is 125 Å². The van der Waals surface area contributed by atoms with Crippen molar-refractivity contribution in [3.8, 4) is 0 Å². The number of hydrogen-bond acceptors (Lipinski definition) is 1. The summed E-state index contributed by atoms with van der Waals surface area (Å²) in [5.74, 6) is -0.314. The van der Waals surface area contributed by atoms with E-state index in [0.717, 1.165) is 11.1 Å². The third-order valence-electron chi connectivity index (χ3n) is 2.98. The molecule has 2 aromatic rings. The van der Waals surface area contributed by atoms with Gasteiger partial charge in [0.05, 0.1) is 10.1 Å². The van der Waals surface area contributed by atoms with Crippen molar-refractivity contribution >= 4 is 27.5 Å². The second-order valence-corrected chi connectivity index (χ2v) is 6.00.